The molecule has 2 heterocycles. The monoisotopic (exact) mass is 531 g/mol. The maximum Gasteiger partial charge on any atom is 0.191 e. The number of hydrogen-bond donors (Lipinski definition) is 2. The van der Waals surface area contributed by atoms with Gasteiger partial charge in [-0.05, 0) is 50.6 Å². The van der Waals surface area contributed by atoms with Gasteiger partial charge in [-0.2, -0.15) is 11.8 Å². The summed E-state index contributed by atoms with van der Waals surface area (Å²) in [5.74, 6) is 2.21. The largest absolute Gasteiger partial charge is 0.357 e. The Morgan fingerprint density at radius 2 is 1.79 bits per heavy atom. The Labute approximate surface area is 198 Å². The van der Waals surface area contributed by atoms with E-state index < -0.39 is 0 Å². The average Bonchev–Trinajstić information content (AvgIpc) is 3.14. The summed E-state index contributed by atoms with van der Waals surface area (Å²) in [5, 5.41) is 6.93. The molecule has 0 spiro atoms. The number of hydrogen-bond acceptors (Lipinski definition) is 4. The number of benzene rings is 1. The van der Waals surface area contributed by atoms with Crippen molar-refractivity contribution in [3.8, 4) is 0 Å². The molecule has 2 N–H and O–H groups in total. The molecule has 1 aromatic rings. The van der Waals surface area contributed by atoms with E-state index in [9.17, 15) is 0 Å². The van der Waals surface area contributed by atoms with E-state index in [0.29, 0.717) is 11.3 Å². The van der Waals surface area contributed by atoms with E-state index in [-0.39, 0.29) is 24.0 Å². The minimum atomic E-state index is 0. The molecule has 2 aliphatic heterocycles. The molecule has 5 nitrogen and oxygen atoms in total. The van der Waals surface area contributed by atoms with Crippen LogP contribution in [-0.2, 0) is 13.1 Å². The van der Waals surface area contributed by atoms with Crippen LogP contribution >= 0.6 is 35.7 Å². The van der Waals surface area contributed by atoms with Gasteiger partial charge in [-0.15, -0.1) is 24.0 Å². The molecule has 1 aromatic carbocycles. The van der Waals surface area contributed by atoms with Crippen LogP contribution in [0.3, 0.4) is 0 Å². The van der Waals surface area contributed by atoms with Crippen LogP contribution in [0, 0.1) is 0 Å². The predicted octanol–water partition coefficient (Wildman–Crippen LogP) is 3.39. The van der Waals surface area contributed by atoms with E-state index in [1.165, 1.54) is 42.8 Å². The number of nitrogens with zero attached hydrogens (tertiary/aromatic N) is 3. The number of piperazine rings is 1. The second-order valence-corrected chi connectivity index (χ2v) is 10.0. The van der Waals surface area contributed by atoms with Gasteiger partial charge < -0.3 is 15.5 Å². The summed E-state index contributed by atoms with van der Waals surface area (Å²) in [4.78, 5) is 9.74. The molecule has 2 aliphatic rings. The number of likely N-dealkylation sites (N-methyl/N-ethyl adjacent to an activating group) is 1. The lowest BCUT2D eigenvalue weighted by Crippen LogP contribution is -2.43. The standard InChI is InChI=1S/C22H37N5S.HI/c1-4-23-21(25-18-22(2)10-5-15-28-22)24-16-19-6-8-20(9-7-19)17-27-13-11-26(3)12-14-27;/h6-9H,4-5,10-18H2,1-3H3,(H2,23,24,25);1H. The molecule has 0 aliphatic carbocycles. The molecular formula is C22H38IN5S. The third-order valence-corrected chi connectivity index (χ3v) is 7.26. The summed E-state index contributed by atoms with van der Waals surface area (Å²) in [6.07, 6.45) is 2.62. The smallest absolute Gasteiger partial charge is 0.191 e. The number of rotatable bonds is 7. The number of guanidine groups is 1. The van der Waals surface area contributed by atoms with Gasteiger partial charge in [-0.25, -0.2) is 4.99 Å². The first-order valence-electron chi connectivity index (χ1n) is 10.7. The van der Waals surface area contributed by atoms with Crippen molar-refractivity contribution in [3.63, 3.8) is 0 Å². The van der Waals surface area contributed by atoms with Crippen LogP contribution in [0.25, 0.3) is 0 Å². The maximum atomic E-state index is 4.80. The number of aliphatic imine (C=N–C) groups is 1. The molecule has 3 rings (SSSR count). The van der Waals surface area contributed by atoms with Gasteiger partial charge in [0.05, 0.1) is 6.54 Å². The Balaban J connectivity index is 0.00000300. The van der Waals surface area contributed by atoms with E-state index in [1.54, 1.807) is 0 Å². The zero-order valence-electron chi connectivity index (χ0n) is 18.2. The molecule has 0 aromatic heterocycles. The molecule has 1 atom stereocenters. The molecule has 2 fully saturated rings. The fourth-order valence-corrected chi connectivity index (χ4v) is 5.02. The Morgan fingerprint density at radius 3 is 2.41 bits per heavy atom. The van der Waals surface area contributed by atoms with Gasteiger partial charge >= 0.3 is 0 Å². The van der Waals surface area contributed by atoms with Crippen LogP contribution in [-0.4, -0.2) is 72.6 Å². The number of nitrogens with one attached hydrogen (secondary N) is 2. The van der Waals surface area contributed by atoms with Crippen molar-refractivity contribution in [1.82, 2.24) is 20.4 Å². The van der Waals surface area contributed by atoms with Gasteiger partial charge in [-0.3, -0.25) is 4.90 Å². The van der Waals surface area contributed by atoms with Gasteiger partial charge in [0.1, 0.15) is 0 Å². The molecule has 1 unspecified atom stereocenters. The van der Waals surface area contributed by atoms with Crippen LogP contribution < -0.4 is 10.6 Å². The number of thioether (sulfide) groups is 1. The Hall–Kier alpha value is -0.510. The summed E-state index contributed by atoms with van der Waals surface area (Å²) in [7, 11) is 2.20. The van der Waals surface area contributed by atoms with Crippen molar-refractivity contribution in [2.75, 3.05) is 52.1 Å². The van der Waals surface area contributed by atoms with Gasteiger partial charge in [0.2, 0.25) is 0 Å². The van der Waals surface area contributed by atoms with E-state index in [0.717, 1.165) is 38.7 Å². The topological polar surface area (TPSA) is 42.9 Å². The second-order valence-electron chi connectivity index (χ2n) is 8.35. The Kier molecular flexibility index (Phi) is 10.6. The van der Waals surface area contributed by atoms with Crippen molar-refractivity contribution in [2.24, 2.45) is 4.99 Å². The minimum Gasteiger partial charge on any atom is -0.357 e. The molecular weight excluding hydrogens is 493 g/mol. The molecule has 2 saturated heterocycles. The molecule has 0 saturated carbocycles. The Bertz CT molecular complexity index is 623. The SMILES string of the molecule is CCNC(=NCc1ccc(CN2CCN(C)CC2)cc1)NCC1(C)CCCS1.I. The van der Waals surface area contributed by atoms with Crippen LogP contribution in [0.4, 0.5) is 0 Å². The van der Waals surface area contributed by atoms with Crippen LogP contribution in [0.5, 0.6) is 0 Å². The first kappa shape index (κ1) is 24.8. The molecule has 0 amide bonds. The van der Waals surface area contributed by atoms with E-state index in [2.05, 4.69) is 77.4 Å². The first-order valence-corrected chi connectivity index (χ1v) is 11.7. The van der Waals surface area contributed by atoms with E-state index in [1.807, 2.05) is 0 Å². The summed E-state index contributed by atoms with van der Waals surface area (Å²) in [6, 6.07) is 8.98. The van der Waals surface area contributed by atoms with E-state index in [4.69, 9.17) is 4.99 Å². The van der Waals surface area contributed by atoms with Gasteiger partial charge in [0.25, 0.3) is 0 Å². The molecule has 7 heteroatoms. The lowest BCUT2D eigenvalue weighted by Gasteiger charge is -2.32. The molecule has 0 bridgehead atoms. The van der Waals surface area contributed by atoms with E-state index >= 15 is 0 Å². The third kappa shape index (κ3) is 8.26. The average molecular weight is 532 g/mol. The fraction of sp³-hybridized carbons (Fsp3) is 0.682. The quantitative estimate of drug-likeness (QED) is 0.321. The zero-order chi connectivity index (χ0) is 19.8. The highest BCUT2D eigenvalue weighted by Crippen LogP contribution is 2.36. The van der Waals surface area contributed by atoms with Crippen molar-refractivity contribution < 1.29 is 0 Å². The Morgan fingerprint density at radius 1 is 1.10 bits per heavy atom. The van der Waals surface area contributed by atoms with Crippen molar-refractivity contribution in [2.45, 2.75) is 44.5 Å². The lowest BCUT2D eigenvalue weighted by atomic mass is 10.1. The molecule has 0 radical (unpaired) electrons. The molecule has 164 valence electrons. The number of halogens is 1. The summed E-state index contributed by atoms with van der Waals surface area (Å²) < 4.78 is 0.348. The van der Waals surface area contributed by atoms with Crippen LogP contribution in [0.15, 0.2) is 29.3 Å². The van der Waals surface area contributed by atoms with Crippen molar-refractivity contribution in [3.05, 3.63) is 35.4 Å². The maximum absolute atomic E-state index is 4.80. The highest BCUT2D eigenvalue weighted by Gasteiger charge is 2.29. The zero-order valence-corrected chi connectivity index (χ0v) is 21.4. The minimum absolute atomic E-state index is 0. The fourth-order valence-electron chi connectivity index (χ4n) is 3.77. The van der Waals surface area contributed by atoms with Gasteiger partial charge in [-0.1, -0.05) is 24.3 Å². The second kappa shape index (κ2) is 12.4. The van der Waals surface area contributed by atoms with Crippen LogP contribution in [0.2, 0.25) is 0 Å². The highest BCUT2D eigenvalue weighted by atomic mass is 127. The third-order valence-electron chi connectivity index (χ3n) is 5.72. The summed E-state index contributed by atoms with van der Waals surface area (Å²) in [5.41, 5.74) is 2.66. The predicted molar refractivity (Wildman–Crippen MR) is 138 cm³/mol. The van der Waals surface area contributed by atoms with Crippen molar-refractivity contribution >= 4 is 41.7 Å². The molecule has 29 heavy (non-hydrogen) atoms. The van der Waals surface area contributed by atoms with Gasteiger partial charge in [0, 0.05) is 50.6 Å². The lowest BCUT2D eigenvalue weighted by molar-refractivity contribution is 0.148. The summed E-state index contributed by atoms with van der Waals surface area (Å²) >= 11 is 2.08. The highest BCUT2D eigenvalue weighted by molar-refractivity contribution is 14.0. The van der Waals surface area contributed by atoms with Crippen LogP contribution in [0.1, 0.15) is 37.8 Å². The van der Waals surface area contributed by atoms with Crippen molar-refractivity contribution in [1.29, 1.82) is 0 Å². The summed E-state index contributed by atoms with van der Waals surface area (Å²) in [6.45, 7) is 12.8. The first-order chi connectivity index (χ1) is 13.6. The van der Waals surface area contributed by atoms with Gasteiger partial charge in [0.15, 0.2) is 5.96 Å². The normalized spacial score (nSPS) is 23.6.